The number of nitriles is 1. The van der Waals surface area contributed by atoms with Crippen LogP contribution >= 0.6 is 0 Å². The highest BCUT2D eigenvalue weighted by molar-refractivity contribution is 5.14. The summed E-state index contributed by atoms with van der Waals surface area (Å²) in [4.78, 5) is 4.06. The van der Waals surface area contributed by atoms with E-state index < -0.39 is 0 Å². The maximum atomic E-state index is 9.03. The molecule has 0 fully saturated rings. The predicted octanol–water partition coefficient (Wildman–Crippen LogP) is 1.63. The molecule has 0 saturated heterocycles. The number of hydrogen-bond acceptors (Lipinski definition) is 3. The highest BCUT2D eigenvalue weighted by Crippen LogP contribution is 2.11. The number of aryl methyl sites for hydroxylation is 1. The summed E-state index contributed by atoms with van der Waals surface area (Å²) >= 11 is 0. The quantitative estimate of drug-likeness (QED) is 0.716. The normalized spacial score (nSPS) is 12.0. The first kappa shape index (κ1) is 11.5. The molecule has 0 amide bonds. The van der Waals surface area contributed by atoms with Crippen LogP contribution in [0.2, 0.25) is 0 Å². The van der Waals surface area contributed by atoms with Crippen molar-refractivity contribution in [2.24, 2.45) is 0 Å². The molecule has 1 rings (SSSR count). The zero-order valence-corrected chi connectivity index (χ0v) is 8.98. The van der Waals surface area contributed by atoms with Crippen LogP contribution in [-0.4, -0.2) is 16.1 Å². The molecular weight excluding hydrogens is 188 g/mol. The van der Waals surface area contributed by atoms with Crippen LogP contribution in [0.15, 0.2) is 25.2 Å². The second-order valence-corrected chi connectivity index (χ2v) is 3.27. The van der Waals surface area contributed by atoms with Crippen molar-refractivity contribution in [1.29, 1.82) is 5.26 Å². The van der Waals surface area contributed by atoms with Gasteiger partial charge in [-0.3, -0.25) is 5.32 Å². The highest BCUT2D eigenvalue weighted by atomic mass is 15.1. The Balaban J connectivity index is 2.77. The molecule has 1 unspecified atom stereocenters. The summed E-state index contributed by atoms with van der Waals surface area (Å²) in [6.45, 7) is 7.22. The smallest absolute Gasteiger partial charge is 0.138 e. The number of hydrogen-bond donors (Lipinski definition) is 1. The van der Waals surface area contributed by atoms with E-state index in [1.807, 2.05) is 4.57 Å². The van der Waals surface area contributed by atoms with E-state index in [0.29, 0.717) is 6.54 Å². The minimum atomic E-state index is -0.308. The molecular formula is C11H16N4. The van der Waals surface area contributed by atoms with Gasteiger partial charge in [0.05, 0.1) is 24.3 Å². The van der Waals surface area contributed by atoms with Gasteiger partial charge in [0.15, 0.2) is 0 Å². The van der Waals surface area contributed by atoms with Gasteiger partial charge in [0.25, 0.3) is 0 Å². The predicted molar refractivity (Wildman–Crippen MR) is 59.1 cm³/mol. The van der Waals surface area contributed by atoms with Crippen LogP contribution < -0.4 is 5.32 Å². The van der Waals surface area contributed by atoms with Crippen LogP contribution in [0.4, 0.5) is 0 Å². The first-order chi connectivity index (χ1) is 7.33. The Kier molecular flexibility index (Phi) is 4.58. The average Bonchev–Trinajstić information content (AvgIpc) is 2.68. The lowest BCUT2D eigenvalue weighted by Crippen LogP contribution is -2.22. The number of nitrogens with zero attached hydrogens (tertiary/aromatic N) is 3. The van der Waals surface area contributed by atoms with Crippen molar-refractivity contribution in [2.45, 2.75) is 25.9 Å². The Morgan fingerprint density at radius 3 is 3.20 bits per heavy atom. The molecule has 0 radical (unpaired) electrons. The maximum Gasteiger partial charge on any atom is 0.138 e. The minimum absolute atomic E-state index is 0.308. The van der Waals surface area contributed by atoms with Gasteiger partial charge in [-0.1, -0.05) is 13.0 Å². The fraction of sp³-hybridized carbons (Fsp3) is 0.455. The molecule has 1 N–H and O–H groups in total. The van der Waals surface area contributed by atoms with Crippen molar-refractivity contribution < 1.29 is 0 Å². The molecule has 1 atom stereocenters. The lowest BCUT2D eigenvalue weighted by molar-refractivity contribution is 0.585. The molecule has 0 bridgehead atoms. The van der Waals surface area contributed by atoms with Crippen molar-refractivity contribution in [3.63, 3.8) is 0 Å². The Morgan fingerprint density at radius 2 is 2.60 bits per heavy atom. The van der Waals surface area contributed by atoms with E-state index in [9.17, 15) is 0 Å². The summed E-state index contributed by atoms with van der Waals surface area (Å²) in [6, 6.07) is 1.91. The third-order valence-electron chi connectivity index (χ3n) is 2.10. The number of aromatic nitrogens is 2. The lowest BCUT2D eigenvalue weighted by atomic mass is 10.2. The Labute approximate surface area is 90.2 Å². The Hall–Kier alpha value is -1.60. The van der Waals surface area contributed by atoms with Crippen molar-refractivity contribution >= 4 is 0 Å². The van der Waals surface area contributed by atoms with E-state index in [4.69, 9.17) is 5.26 Å². The van der Waals surface area contributed by atoms with Crippen LogP contribution in [0, 0.1) is 11.3 Å². The van der Waals surface area contributed by atoms with E-state index in [-0.39, 0.29) is 6.04 Å². The first-order valence-corrected chi connectivity index (χ1v) is 5.07. The molecule has 1 aromatic heterocycles. The summed E-state index contributed by atoms with van der Waals surface area (Å²) in [6.07, 6.45) is 6.27. The fourth-order valence-corrected chi connectivity index (χ4v) is 1.42. The summed E-state index contributed by atoms with van der Waals surface area (Å²) in [5.41, 5.74) is 0.918. The van der Waals surface area contributed by atoms with Gasteiger partial charge in [0.2, 0.25) is 0 Å². The van der Waals surface area contributed by atoms with Gasteiger partial charge in [-0.2, -0.15) is 5.26 Å². The maximum absolute atomic E-state index is 9.03. The van der Waals surface area contributed by atoms with Gasteiger partial charge >= 0.3 is 0 Å². The van der Waals surface area contributed by atoms with Crippen LogP contribution in [0.25, 0.3) is 0 Å². The SMILES string of the molecule is C=CCNC(C#N)c1cncn1CCC. The van der Waals surface area contributed by atoms with Crippen molar-refractivity contribution in [3.05, 3.63) is 30.9 Å². The van der Waals surface area contributed by atoms with E-state index in [1.54, 1.807) is 18.6 Å². The number of rotatable bonds is 6. The van der Waals surface area contributed by atoms with E-state index in [1.165, 1.54) is 0 Å². The largest absolute Gasteiger partial charge is 0.332 e. The third kappa shape index (κ3) is 2.93. The molecule has 0 aromatic carbocycles. The van der Waals surface area contributed by atoms with E-state index in [0.717, 1.165) is 18.7 Å². The number of nitrogens with one attached hydrogen (secondary N) is 1. The van der Waals surface area contributed by atoms with Crippen molar-refractivity contribution in [1.82, 2.24) is 14.9 Å². The van der Waals surface area contributed by atoms with E-state index in [2.05, 4.69) is 29.9 Å². The molecule has 1 aromatic rings. The second kappa shape index (κ2) is 5.99. The van der Waals surface area contributed by atoms with Crippen LogP contribution in [-0.2, 0) is 6.54 Å². The minimum Gasteiger partial charge on any atom is -0.332 e. The molecule has 1 heterocycles. The van der Waals surface area contributed by atoms with Gasteiger partial charge in [0, 0.05) is 13.1 Å². The van der Waals surface area contributed by atoms with Crippen molar-refractivity contribution in [2.75, 3.05) is 6.54 Å². The summed E-state index contributed by atoms with van der Waals surface area (Å²) in [7, 11) is 0. The van der Waals surface area contributed by atoms with Gasteiger partial charge < -0.3 is 4.57 Å². The van der Waals surface area contributed by atoms with Crippen LogP contribution in [0.5, 0.6) is 0 Å². The summed E-state index contributed by atoms with van der Waals surface area (Å²) in [5, 5.41) is 12.1. The molecule has 0 aliphatic rings. The molecule has 0 aliphatic carbocycles. The monoisotopic (exact) mass is 204 g/mol. The molecule has 15 heavy (non-hydrogen) atoms. The molecule has 4 nitrogen and oxygen atoms in total. The van der Waals surface area contributed by atoms with E-state index >= 15 is 0 Å². The van der Waals surface area contributed by atoms with Gasteiger partial charge in [-0.25, -0.2) is 4.98 Å². The lowest BCUT2D eigenvalue weighted by Gasteiger charge is -2.12. The Morgan fingerprint density at radius 1 is 1.80 bits per heavy atom. The van der Waals surface area contributed by atoms with Gasteiger partial charge in [0.1, 0.15) is 6.04 Å². The third-order valence-corrected chi connectivity index (χ3v) is 2.10. The van der Waals surface area contributed by atoms with Crippen molar-refractivity contribution in [3.8, 4) is 6.07 Å². The topological polar surface area (TPSA) is 53.6 Å². The first-order valence-electron chi connectivity index (χ1n) is 5.07. The van der Waals surface area contributed by atoms with Crippen LogP contribution in [0.3, 0.4) is 0 Å². The summed E-state index contributed by atoms with van der Waals surface area (Å²) < 4.78 is 2.00. The van der Waals surface area contributed by atoms with Gasteiger partial charge in [-0.05, 0) is 6.42 Å². The molecule has 80 valence electrons. The second-order valence-electron chi connectivity index (χ2n) is 3.27. The molecule has 0 spiro atoms. The van der Waals surface area contributed by atoms with Gasteiger partial charge in [-0.15, -0.1) is 6.58 Å². The average molecular weight is 204 g/mol. The number of imidazole rings is 1. The molecule has 0 aliphatic heterocycles. The zero-order chi connectivity index (χ0) is 11.1. The molecule has 0 saturated carbocycles. The molecule has 4 heteroatoms. The standard InChI is InChI=1S/C11H16N4/c1-3-5-14-10(7-12)11-8-13-9-15(11)6-4-2/h3,8-10,14H,1,4-6H2,2H3. The highest BCUT2D eigenvalue weighted by Gasteiger charge is 2.13. The van der Waals surface area contributed by atoms with Crippen LogP contribution in [0.1, 0.15) is 25.1 Å². The zero-order valence-electron chi connectivity index (χ0n) is 8.98. The summed E-state index contributed by atoms with van der Waals surface area (Å²) in [5.74, 6) is 0. The fourth-order valence-electron chi connectivity index (χ4n) is 1.42. The Bertz CT molecular complexity index is 348.